The van der Waals surface area contributed by atoms with Crippen LogP contribution in [0.2, 0.25) is 0 Å². The van der Waals surface area contributed by atoms with E-state index in [1.165, 1.54) is 6.08 Å². The van der Waals surface area contributed by atoms with Crippen LogP contribution < -0.4 is 0 Å². The predicted octanol–water partition coefficient (Wildman–Crippen LogP) is 3.54. The molecule has 0 spiro atoms. The monoisotopic (exact) mass is 403 g/mol. The molecule has 0 bridgehead atoms. The average molecular weight is 403 g/mol. The second-order valence-corrected chi connectivity index (χ2v) is 6.79. The summed E-state index contributed by atoms with van der Waals surface area (Å²) in [6, 6.07) is 19.7. The van der Waals surface area contributed by atoms with Gasteiger partial charge in [0.15, 0.2) is 6.61 Å². The molecule has 30 heavy (non-hydrogen) atoms. The number of carbonyl (C=O) groups excluding carboxylic acids is 2. The lowest BCUT2D eigenvalue weighted by Gasteiger charge is -2.20. The van der Waals surface area contributed by atoms with Crippen molar-refractivity contribution in [3.05, 3.63) is 95.8 Å². The number of nitrogens with zero attached hydrogens (tertiary/aromatic N) is 3. The van der Waals surface area contributed by atoms with Gasteiger partial charge in [-0.3, -0.25) is 9.48 Å². The molecule has 6 heteroatoms. The first-order valence-electron chi connectivity index (χ1n) is 9.87. The fourth-order valence-electron chi connectivity index (χ4n) is 2.94. The van der Waals surface area contributed by atoms with E-state index < -0.39 is 5.97 Å². The van der Waals surface area contributed by atoms with Gasteiger partial charge < -0.3 is 9.64 Å². The number of rotatable bonds is 9. The van der Waals surface area contributed by atoms with Crippen molar-refractivity contribution in [2.45, 2.75) is 20.0 Å². The van der Waals surface area contributed by atoms with Crippen LogP contribution in [0, 0.1) is 0 Å². The third-order valence-corrected chi connectivity index (χ3v) is 4.54. The summed E-state index contributed by atoms with van der Waals surface area (Å²) in [7, 11) is 0. The molecule has 3 rings (SSSR count). The molecule has 0 saturated heterocycles. The number of aromatic nitrogens is 2. The Balaban J connectivity index is 1.46. The summed E-state index contributed by atoms with van der Waals surface area (Å²) >= 11 is 0. The van der Waals surface area contributed by atoms with Crippen LogP contribution in [0.3, 0.4) is 0 Å². The molecule has 154 valence electrons. The Kier molecular flexibility index (Phi) is 7.55. The van der Waals surface area contributed by atoms with Crippen molar-refractivity contribution in [1.29, 1.82) is 0 Å². The summed E-state index contributed by atoms with van der Waals surface area (Å²) in [6.07, 6.45) is 6.46. The van der Waals surface area contributed by atoms with E-state index >= 15 is 0 Å². The van der Waals surface area contributed by atoms with Gasteiger partial charge in [-0.25, -0.2) is 4.79 Å². The first-order valence-corrected chi connectivity index (χ1v) is 9.87. The van der Waals surface area contributed by atoms with Crippen LogP contribution in [0.5, 0.6) is 0 Å². The highest BCUT2D eigenvalue weighted by Crippen LogP contribution is 2.07. The molecule has 0 aliphatic rings. The van der Waals surface area contributed by atoms with Crippen molar-refractivity contribution >= 4 is 18.0 Å². The topological polar surface area (TPSA) is 64.4 Å². The van der Waals surface area contributed by atoms with Crippen LogP contribution >= 0.6 is 0 Å². The number of carbonyl (C=O) groups is 2. The molecule has 1 aromatic heterocycles. The molecule has 0 N–H and O–H groups in total. The van der Waals surface area contributed by atoms with E-state index in [4.69, 9.17) is 4.74 Å². The van der Waals surface area contributed by atoms with Crippen molar-refractivity contribution in [3.8, 4) is 0 Å². The summed E-state index contributed by atoms with van der Waals surface area (Å²) < 4.78 is 6.90. The Morgan fingerprint density at radius 2 is 1.70 bits per heavy atom. The Bertz CT molecular complexity index is 981. The first-order chi connectivity index (χ1) is 14.6. The molecule has 0 aliphatic carbocycles. The molecule has 0 fully saturated rings. The number of amides is 1. The number of esters is 1. The van der Waals surface area contributed by atoms with Gasteiger partial charge in [-0.15, -0.1) is 0 Å². The van der Waals surface area contributed by atoms with Gasteiger partial charge in [-0.2, -0.15) is 5.10 Å². The fraction of sp³-hybridized carbons (Fsp3) is 0.208. The van der Waals surface area contributed by atoms with E-state index in [-0.39, 0.29) is 12.5 Å². The van der Waals surface area contributed by atoms with Gasteiger partial charge in [0.25, 0.3) is 5.91 Å². The molecule has 0 radical (unpaired) electrons. The molecule has 3 aromatic rings. The molecule has 0 atom stereocenters. The lowest BCUT2D eigenvalue weighted by atomic mass is 10.2. The lowest BCUT2D eigenvalue weighted by molar-refractivity contribution is -0.148. The van der Waals surface area contributed by atoms with Gasteiger partial charge in [-0.05, 0) is 24.1 Å². The van der Waals surface area contributed by atoms with Gasteiger partial charge in [0, 0.05) is 30.9 Å². The Hall–Kier alpha value is -3.67. The van der Waals surface area contributed by atoms with Crippen LogP contribution in [0.25, 0.3) is 6.08 Å². The standard InChI is InChI=1S/C24H25N3O3/c1-2-26(16-20-9-5-3-6-10-20)23(28)19-30-24(29)14-13-22-15-25-27(18-22)17-21-11-7-4-8-12-21/h3-15,18H,2,16-17,19H2,1H3/b14-13+. The van der Waals surface area contributed by atoms with E-state index in [1.807, 2.05) is 73.8 Å². The van der Waals surface area contributed by atoms with E-state index in [2.05, 4.69) is 5.10 Å². The van der Waals surface area contributed by atoms with Crippen LogP contribution in [-0.4, -0.2) is 39.7 Å². The number of likely N-dealkylation sites (N-methyl/N-ethyl adjacent to an activating group) is 1. The van der Waals surface area contributed by atoms with E-state index in [1.54, 1.807) is 21.9 Å². The minimum atomic E-state index is -0.560. The third-order valence-electron chi connectivity index (χ3n) is 4.54. The van der Waals surface area contributed by atoms with E-state index in [9.17, 15) is 9.59 Å². The number of ether oxygens (including phenoxy) is 1. The normalized spacial score (nSPS) is 10.8. The summed E-state index contributed by atoms with van der Waals surface area (Å²) in [5.74, 6) is -0.784. The molecule has 6 nitrogen and oxygen atoms in total. The van der Waals surface area contributed by atoms with Crippen LogP contribution in [-0.2, 0) is 27.4 Å². The van der Waals surface area contributed by atoms with Crippen LogP contribution in [0.4, 0.5) is 0 Å². The van der Waals surface area contributed by atoms with Gasteiger partial charge >= 0.3 is 5.97 Å². The second kappa shape index (κ2) is 10.8. The largest absolute Gasteiger partial charge is 0.452 e. The third kappa shape index (κ3) is 6.44. The lowest BCUT2D eigenvalue weighted by Crippen LogP contribution is -2.33. The molecule has 0 saturated carbocycles. The van der Waals surface area contributed by atoms with Crippen LogP contribution in [0.15, 0.2) is 79.1 Å². The van der Waals surface area contributed by atoms with Crippen LogP contribution in [0.1, 0.15) is 23.6 Å². The van der Waals surface area contributed by atoms with Crippen molar-refractivity contribution in [1.82, 2.24) is 14.7 Å². The molecule has 0 aliphatic heterocycles. The van der Waals surface area contributed by atoms with Crippen molar-refractivity contribution < 1.29 is 14.3 Å². The zero-order valence-electron chi connectivity index (χ0n) is 17.0. The molecule has 1 heterocycles. The van der Waals surface area contributed by atoms with Gasteiger partial charge in [0.1, 0.15) is 0 Å². The Morgan fingerprint density at radius 3 is 2.37 bits per heavy atom. The minimum absolute atomic E-state index is 0.223. The predicted molar refractivity (Wildman–Crippen MR) is 115 cm³/mol. The summed E-state index contributed by atoms with van der Waals surface area (Å²) in [6.45, 7) is 3.31. The average Bonchev–Trinajstić information content (AvgIpc) is 3.23. The molecule has 0 unspecified atom stereocenters. The summed E-state index contributed by atoms with van der Waals surface area (Å²) in [5, 5.41) is 4.29. The number of benzene rings is 2. The molecular weight excluding hydrogens is 378 g/mol. The number of hydrogen-bond acceptors (Lipinski definition) is 4. The summed E-state index contributed by atoms with van der Waals surface area (Å²) in [5.41, 5.74) is 2.96. The van der Waals surface area contributed by atoms with Gasteiger partial charge in [0.2, 0.25) is 0 Å². The zero-order valence-corrected chi connectivity index (χ0v) is 17.0. The highest BCUT2D eigenvalue weighted by molar-refractivity contribution is 5.89. The van der Waals surface area contributed by atoms with Gasteiger partial charge in [0.05, 0.1) is 12.7 Å². The SMILES string of the molecule is CCN(Cc1ccccc1)C(=O)COC(=O)/C=C/c1cnn(Cc2ccccc2)c1. The van der Waals surface area contributed by atoms with E-state index in [0.29, 0.717) is 19.6 Å². The summed E-state index contributed by atoms with van der Waals surface area (Å²) in [4.78, 5) is 26.0. The quantitative estimate of drug-likeness (QED) is 0.405. The Labute approximate surface area is 176 Å². The highest BCUT2D eigenvalue weighted by Gasteiger charge is 2.13. The maximum Gasteiger partial charge on any atom is 0.331 e. The molecule has 2 aromatic carbocycles. The van der Waals surface area contributed by atoms with Gasteiger partial charge in [-0.1, -0.05) is 60.7 Å². The van der Waals surface area contributed by atoms with Crippen molar-refractivity contribution in [2.75, 3.05) is 13.2 Å². The minimum Gasteiger partial charge on any atom is -0.452 e. The smallest absolute Gasteiger partial charge is 0.331 e. The fourth-order valence-corrected chi connectivity index (χ4v) is 2.94. The molecular formula is C24H25N3O3. The first kappa shape index (κ1) is 21.0. The molecule has 1 amide bonds. The second-order valence-electron chi connectivity index (χ2n) is 6.79. The zero-order chi connectivity index (χ0) is 21.2. The maximum absolute atomic E-state index is 12.3. The highest BCUT2D eigenvalue weighted by atomic mass is 16.5. The van der Waals surface area contributed by atoms with Crippen molar-refractivity contribution in [2.24, 2.45) is 0 Å². The maximum atomic E-state index is 12.3. The number of hydrogen-bond donors (Lipinski definition) is 0. The van der Waals surface area contributed by atoms with E-state index in [0.717, 1.165) is 16.7 Å². The Morgan fingerprint density at radius 1 is 1.03 bits per heavy atom. The van der Waals surface area contributed by atoms with Crippen molar-refractivity contribution in [3.63, 3.8) is 0 Å².